The third-order valence-electron chi connectivity index (χ3n) is 2.43. The molecular formula is C9H10N2O3S. The number of carboxylic acid groups (broad SMARTS) is 1. The zero-order valence-corrected chi connectivity index (χ0v) is 8.66. The Hall–Kier alpha value is -1.43. The van der Waals surface area contributed by atoms with Crippen LogP contribution in [-0.4, -0.2) is 22.0 Å². The van der Waals surface area contributed by atoms with Gasteiger partial charge in [-0.25, -0.2) is 0 Å². The minimum atomic E-state index is -0.869. The van der Waals surface area contributed by atoms with Crippen LogP contribution in [0.2, 0.25) is 0 Å². The van der Waals surface area contributed by atoms with Gasteiger partial charge >= 0.3 is 5.97 Å². The number of aromatic nitrogens is 1. The zero-order chi connectivity index (χ0) is 10.8. The number of carbonyl (C=O) groups excluding carboxylic acids is 1. The number of hydrogen-bond acceptors (Lipinski definition) is 4. The van der Waals surface area contributed by atoms with E-state index in [1.54, 1.807) is 11.7 Å². The molecule has 2 heterocycles. The van der Waals surface area contributed by atoms with Gasteiger partial charge in [-0.05, 0) is 0 Å². The summed E-state index contributed by atoms with van der Waals surface area (Å²) in [5.41, 5.74) is 1.68. The fourth-order valence-electron chi connectivity index (χ4n) is 1.80. The molecule has 1 aliphatic heterocycles. The first-order valence-corrected chi connectivity index (χ1v) is 5.44. The van der Waals surface area contributed by atoms with Crippen molar-refractivity contribution in [2.24, 2.45) is 5.92 Å². The van der Waals surface area contributed by atoms with Gasteiger partial charge in [-0.1, -0.05) is 0 Å². The highest BCUT2D eigenvalue weighted by molar-refractivity contribution is 7.09. The van der Waals surface area contributed by atoms with Gasteiger partial charge < -0.3 is 10.4 Å². The van der Waals surface area contributed by atoms with Crippen LogP contribution < -0.4 is 5.32 Å². The van der Waals surface area contributed by atoms with Crippen molar-refractivity contribution in [2.75, 3.05) is 0 Å². The van der Waals surface area contributed by atoms with E-state index in [-0.39, 0.29) is 30.7 Å². The number of aliphatic carboxylic acids is 1. The van der Waals surface area contributed by atoms with E-state index in [1.165, 1.54) is 11.3 Å². The van der Waals surface area contributed by atoms with Crippen LogP contribution in [0, 0.1) is 5.92 Å². The number of rotatable bonds is 3. The molecule has 1 saturated heterocycles. The van der Waals surface area contributed by atoms with Crippen LogP contribution in [0.25, 0.3) is 0 Å². The van der Waals surface area contributed by atoms with Crippen molar-refractivity contribution in [1.29, 1.82) is 0 Å². The van der Waals surface area contributed by atoms with Crippen LogP contribution in [0.3, 0.4) is 0 Å². The molecule has 1 aliphatic rings. The van der Waals surface area contributed by atoms with Gasteiger partial charge in [0.05, 0.1) is 18.0 Å². The predicted molar refractivity (Wildman–Crippen MR) is 53.4 cm³/mol. The van der Waals surface area contributed by atoms with Crippen LogP contribution in [0.5, 0.6) is 0 Å². The number of carbonyl (C=O) groups is 2. The van der Waals surface area contributed by atoms with Crippen molar-refractivity contribution in [3.8, 4) is 0 Å². The Morgan fingerprint density at radius 3 is 3.13 bits per heavy atom. The van der Waals surface area contributed by atoms with Gasteiger partial charge in [0.1, 0.15) is 0 Å². The Morgan fingerprint density at radius 1 is 1.73 bits per heavy atom. The first-order chi connectivity index (χ1) is 7.16. The van der Waals surface area contributed by atoms with E-state index in [0.717, 1.165) is 4.88 Å². The molecule has 80 valence electrons. The van der Waals surface area contributed by atoms with Crippen LogP contribution >= 0.6 is 11.3 Å². The van der Waals surface area contributed by atoms with Gasteiger partial charge in [-0.2, -0.15) is 0 Å². The maximum absolute atomic E-state index is 11.2. The van der Waals surface area contributed by atoms with Gasteiger partial charge in [0.25, 0.3) is 0 Å². The van der Waals surface area contributed by atoms with E-state index in [0.29, 0.717) is 0 Å². The number of thiazole rings is 1. The summed E-state index contributed by atoms with van der Waals surface area (Å²) in [5.74, 6) is -1.11. The summed E-state index contributed by atoms with van der Waals surface area (Å²) in [6.07, 6.45) is 1.98. The Kier molecular flexibility index (Phi) is 2.68. The highest BCUT2D eigenvalue weighted by atomic mass is 32.1. The number of carboxylic acids is 1. The third-order valence-corrected chi connectivity index (χ3v) is 3.29. The highest BCUT2D eigenvalue weighted by Gasteiger charge is 2.35. The average Bonchev–Trinajstić information content (AvgIpc) is 2.72. The molecule has 6 heteroatoms. The van der Waals surface area contributed by atoms with E-state index in [2.05, 4.69) is 10.3 Å². The second-order valence-corrected chi connectivity index (χ2v) is 4.43. The molecule has 0 unspecified atom stereocenters. The molecular weight excluding hydrogens is 216 g/mol. The molecule has 0 radical (unpaired) electrons. The van der Waals surface area contributed by atoms with Crippen LogP contribution in [-0.2, 0) is 9.59 Å². The minimum Gasteiger partial charge on any atom is -0.481 e. The van der Waals surface area contributed by atoms with E-state index in [9.17, 15) is 9.59 Å². The lowest BCUT2D eigenvalue weighted by Gasteiger charge is -2.14. The molecule has 0 aliphatic carbocycles. The van der Waals surface area contributed by atoms with Crippen molar-refractivity contribution in [2.45, 2.75) is 18.9 Å². The largest absolute Gasteiger partial charge is 0.481 e. The van der Waals surface area contributed by atoms with Crippen molar-refractivity contribution in [1.82, 2.24) is 10.3 Å². The molecule has 0 aromatic carbocycles. The van der Waals surface area contributed by atoms with Gasteiger partial charge in [-0.15, -0.1) is 11.3 Å². The second-order valence-electron chi connectivity index (χ2n) is 3.51. The lowest BCUT2D eigenvalue weighted by atomic mass is 9.96. The lowest BCUT2D eigenvalue weighted by molar-refractivity contribution is -0.138. The van der Waals surface area contributed by atoms with E-state index in [4.69, 9.17) is 5.11 Å². The first-order valence-electron chi connectivity index (χ1n) is 4.56. The van der Waals surface area contributed by atoms with Crippen LogP contribution in [0.15, 0.2) is 11.7 Å². The van der Waals surface area contributed by atoms with Crippen molar-refractivity contribution < 1.29 is 14.7 Å². The Balaban J connectivity index is 2.15. The number of amides is 1. The summed E-state index contributed by atoms with van der Waals surface area (Å²) in [6, 6.07) is -0.180. The smallest absolute Gasteiger partial charge is 0.303 e. The Bertz CT molecular complexity index is 377. The first kappa shape index (κ1) is 10.1. The molecule has 2 N–H and O–H groups in total. The van der Waals surface area contributed by atoms with Crippen LogP contribution in [0.4, 0.5) is 0 Å². The molecule has 1 aromatic rings. The van der Waals surface area contributed by atoms with E-state index >= 15 is 0 Å². The van der Waals surface area contributed by atoms with Crippen molar-refractivity contribution in [3.05, 3.63) is 16.6 Å². The second kappa shape index (κ2) is 3.98. The van der Waals surface area contributed by atoms with Crippen LogP contribution in [0.1, 0.15) is 23.8 Å². The minimum absolute atomic E-state index is 0.0152. The summed E-state index contributed by atoms with van der Waals surface area (Å²) in [7, 11) is 0. The van der Waals surface area contributed by atoms with Crippen molar-refractivity contribution >= 4 is 23.2 Å². The van der Waals surface area contributed by atoms with Gasteiger partial charge in [0, 0.05) is 23.4 Å². The lowest BCUT2D eigenvalue weighted by Crippen LogP contribution is -2.20. The predicted octanol–water partition coefficient (Wildman–Crippen LogP) is 0.795. The van der Waals surface area contributed by atoms with Crippen molar-refractivity contribution in [3.63, 3.8) is 0 Å². The van der Waals surface area contributed by atoms with Gasteiger partial charge in [0.2, 0.25) is 5.91 Å². The topological polar surface area (TPSA) is 79.3 Å². The summed E-state index contributed by atoms with van der Waals surface area (Å²) < 4.78 is 0. The quantitative estimate of drug-likeness (QED) is 0.798. The Morgan fingerprint density at radius 2 is 2.53 bits per heavy atom. The van der Waals surface area contributed by atoms with E-state index < -0.39 is 5.97 Å². The standard InChI is InChI=1S/C9H10N2O3S/c12-7-1-5(2-8(13)14)9(11-7)6-3-10-4-15-6/h3-5,9H,1-2H2,(H,11,12)(H,13,14)/t5-,9+/m1/s1. The van der Waals surface area contributed by atoms with Gasteiger partial charge in [-0.3, -0.25) is 14.6 Å². The normalized spacial score (nSPS) is 25.2. The number of hydrogen-bond donors (Lipinski definition) is 2. The maximum atomic E-state index is 11.2. The third kappa shape index (κ3) is 2.15. The number of nitrogens with zero attached hydrogens (tertiary/aromatic N) is 1. The fraction of sp³-hybridized carbons (Fsp3) is 0.444. The monoisotopic (exact) mass is 226 g/mol. The molecule has 0 bridgehead atoms. The number of nitrogens with one attached hydrogen (secondary N) is 1. The average molecular weight is 226 g/mol. The summed E-state index contributed by atoms with van der Waals surface area (Å²) >= 11 is 1.43. The molecule has 15 heavy (non-hydrogen) atoms. The molecule has 2 rings (SSSR count). The molecule has 5 nitrogen and oxygen atoms in total. The highest BCUT2D eigenvalue weighted by Crippen LogP contribution is 2.34. The van der Waals surface area contributed by atoms with Gasteiger partial charge in [0.15, 0.2) is 0 Å². The fourth-order valence-corrected chi connectivity index (χ4v) is 2.57. The summed E-state index contributed by atoms with van der Waals surface area (Å²) in [6.45, 7) is 0. The summed E-state index contributed by atoms with van der Waals surface area (Å²) in [5, 5.41) is 11.5. The molecule has 1 amide bonds. The molecule has 0 saturated carbocycles. The molecule has 2 atom stereocenters. The maximum Gasteiger partial charge on any atom is 0.303 e. The SMILES string of the molecule is O=C(O)C[C@H]1CC(=O)N[C@@H]1c1cncs1. The zero-order valence-electron chi connectivity index (χ0n) is 7.84. The summed E-state index contributed by atoms with van der Waals surface area (Å²) in [4.78, 5) is 26.7. The molecule has 1 aromatic heterocycles. The Labute approximate surface area is 90.1 Å². The molecule has 1 fully saturated rings. The molecule has 0 spiro atoms. The van der Waals surface area contributed by atoms with E-state index in [1.807, 2.05) is 0 Å².